The summed E-state index contributed by atoms with van der Waals surface area (Å²) in [5.41, 5.74) is 16.5. The van der Waals surface area contributed by atoms with Gasteiger partial charge in [-0.3, -0.25) is 4.99 Å². The van der Waals surface area contributed by atoms with Crippen molar-refractivity contribution in [1.82, 2.24) is 4.57 Å². The summed E-state index contributed by atoms with van der Waals surface area (Å²) in [4.78, 5) is 5.10. The molecule has 0 bridgehead atoms. The summed E-state index contributed by atoms with van der Waals surface area (Å²) >= 11 is 0. The Labute approximate surface area is 256 Å². The summed E-state index contributed by atoms with van der Waals surface area (Å²) in [5, 5.41) is 7.33. The number of benzene rings is 7. The van der Waals surface area contributed by atoms with Crippen molar-refractivity contribution in [3.63, 3.8) is 0 Å². The van der Waals surface area contributed by atoms with E-state index in [0.717, 1.165) is 50.4 Å². The Bertz CT molecular complexity index is 2370. The zero-order chi connectivity index (χ0) is 29.6. The first kappa shape index (κ1) is 26.0. The van der Waals surface area contributed by atoms with Crippen LogP contribution in [0.15, 0.2) is 151 Å². The van der Waals surface area contributed by atoms with Gasteiger partial charge in [0.05, 0.1) is 23.3 Å². The van der Waals surface area contributed by atoms with E-state index in [9.17, 15) is 0 Å². The molecule has 0 aliphatic carbocycles. The van der Waals surface area contributed by atoms with E-state index < -0.39 is 0 Å². The van der Waals surface area contributed by atoms with Crippen LogP contribution in [0.4, 0.5) is 5.69 Å². The fourth-order valence-electron chi connectivity index (χ4n) is 6.65. The van der Waals surface area contributed by atoms with E-state index in [2.05, 4.69) is 151 Å². The molecule has 3 nitrogen and oxygen atoms in total. The van der Waals surface area contributed by atoms with Gasteiger partial charge in [-0.25, -0.2) is 0 Å². The van der Waals surface area contributed by atoms with Gasteiger partial charge < -0.3 is 10.3 Å². The van der Waals surface area contributed by atoms with E-state index in [-0.39, 0.29) is 0 Å². The first-order chi connectivity index (χ1) is 21.7. The molecule has 7 aromatic carbocycles. The largest absolute Gasteiger partial charge is 0.398 e. The van der Waals surface area contributed by atoms with Gasteiger partial charge in [0, 0.05) is 33.3 Å². The number of nitrogen functional groups attached to an aromatic ring is 1. The highest BCUT2D eigenvalue weighted by molar-refractivity contribution is 6.14. The van der Waals surface area contributed by atoms with Crippen molar-refractivity contribution >= 4 is 54.7 Å². The van der Waals surface area contributed by atoms with Crippen molar-refractivity contribution in [3.05, 3.63) is 157 Å². The molecular formula is C41H31N3. The van der Waals surface area contributed by atoms with Crippen LogP contribution in [-0.4, -0.2) is 10.3 Å². The van der Waals surface area contributed by atoms with Crippen LogP contribution >= 0.6 is 0 Å². The van der Waals surface area contributed by atoms with Gasteiger partial charge in [-0.1, -0.05) is 115 Å². The van der Waals surface area contributed by atoms with Crippen LogP contribution in [0.5, 0.6) is 0 Å². The molecule has 44 heavy (non-hydrogen) atoms. The molecule has 8 aromatic rings. The van der Waals surface area contributed by atoms with Gasteiger partial charge in [0.25, 0.3) is 0 Å². The number of nitrogens with two attached hydrogens (primary N) is 1. The lowest BCUT2D eigenvalue weighted by Crippen LogP contribution is -2.03. The van der Waals surface area contributed by atoms with Crippen LogP contribution < -0.4 is 5.73 Å². The highest BCUT2D eigenvalue weighted by Crippen LogP contribution is 2.40. The average Bonchev–Trinajstić information content (AvgIpc) is 3.39. The third-order valence-electron chi connectivity index (χ3n) is 8.73. The molecule has 0 radical (unpaired) electrons. The van der Waals surface area contributed by atoms with Crippen molar-refractivity contribution in [2.24, 2.45) is 4.99 Å². The summed E-state index contributed by atoms with van der Waals surface area (Å²) < 4.78 is 2.39. The number of nitrogens with zero attached hydrogens (tertiary/aromatic N) is 2. The van der Waals surface area contributed by atoms with E-state index in [1.54, 1.807) is 0 Å². The van der Waals surface area contributed by atoms with Crippen molar-refractivity contribution in [2.75, 3.05) is 5.73 Å². The van der Waals surface area contributed by atoms with Crippen molar-refractivity contribution in [1.29, 1.82) is 0 Å². The number of anilines is 1. The SMILES string of the molecule is CC(=NCc1cc(N)c(-c2ccccc2)c(-n2c3ccccc3c3cc4ccccc4cc32)c1)c1cccc2ccccc12. The Morgan fingerprint density at radius 3 is 2.07 bits per heavy atom. The molecule has 210 valence electrons. The van der Waals surface area contributed by atoms with Gasteiger partial charge >= 0.3 is 0 Å². The molecule has 0 aliphatic rings. The first-order valence-corrected chi connectivity index (χ1v) is 15.0. The van der Waals surface area contributed by atoms with Gasteiger partial charge in [0.1, 0.15) is 0 Å². The van der Waals surface area contributed by atoms with Crippen LogP contribution in [0.25, 0.3) is 60.2 Å². The maximum absolute atomic E-state index is 6.97. The van der Waals surface area contributed by atoms with Gasteiger partial charge in [0.2, 0.25) is 0 Å². The predicted molar refractivity (Wildman–Crippen MR) is 188 cm³/mol. The topological polar surface area (TPSA) is 43.3 Å². The lowest BCUT2D eigenvalue weighted by molar-refractivity contribution is 1.05. The number of hydrogen-bond acceptors (Lipinski definition) is 2. The summed E-state index contributed by atoms with van der Waals surface area (Å²) in [6.07, 6.45) is 0. The summed E-state index contributed by atoms with van der Waals surface area (Å²) in [6.45, 7) is 2.63. The number of para-hydroxylation sites is 1. The number of aromatic nitrogens is 1. The van der Waals surface area contributed by atoms with Crippen molar-refractivity contribution in [2.45, 2.75) is 13.5 Å². The number of hydrogen-bond donors (Lipinski definition) is 1. The Balaban J connectivity index is 1.35. The maximum atomic E-state index is 6.97. The van der Waals surface area contributed by atoms with E-state index in [1.165, 1.54) is 32.3 Å². The quantitative estimate of drug-likeness (QED) is 0.164. The average molecular weight is 566 g/mol. The highest BCUT2D eigenvalue weighted by atomic mass is 15.0. The molecule has 8 rings (SSSR count). The lowest BCUT2D eigenvalue weighted by Gasteiger charge is -2.18. The normalized spacial score (nSPS) is 12.1. The molecule has 0 amide bonds. The predicted octanol–water partition coefficient (Wildman–Crippen LogP) is 10.3. The molecule has 0 fully saturated rings. The van der Waals surface area contributed by atoms with Crippen LogP contribution in [-0.2, 0) is 6.54 Å². The van der Waals surface area contributed by atoms with Crippen LogP contribution in [0.3, 0.4) is 0 Å². The molecule has 0 aliphatic heterocycles. The first-order valence-electron chi connectivity index (χ1n) is 15.0. The van der Waals surface area contributed by atoms with Crippen LogP contribution in [0, 0.1) is 0 Å². The summed E-state index contributed by atoms with van der Waals surface area (Å²) in [6, 6.07) is 51.6. The molecule has 0 spiro atoms. The minimum atomic E-state index is 0.529. The van der Waals surface area contributed by atoms with Gasteiger partial charge in [-0.05, 0) is 69.9 Å². The van der Waals surface area contributed by atoms with E-state index in [1.807, 2.05) is 6.07 Å². The Kier molecular flexibility index (Phi) is 6.23. The Morgan fingerprint density at radius 1 is 0.591 bits per heavy atom. The third kappa shape index (κ3) is 4.33. The fraction of sp³-hybridized carbons (Fsp3) is 0.0488. The molecule has 3 heteroatoms. The zero-order valence-corrected chi connectivity index (χ0v) is 24.5. The van der Waals surface area contributed by atoms with Crippen LogP contribution in [0.2, 0.25) is 0 Å². The Morgan fingerprint density at radius 2 is 1.25 bits per heavy atom. The van der Waals surface area contributed by atoms with Crippen molar-refractivity contribution < 1.29 is 0 Å². The van der Waals surface area contributed by atoms with E-state index in [0.29, 0.717) is 6.54 Å². The minimum Gasteiger partial charge on any atom is -0.398 e. The monoisotopic (exact) mass is 565 g/mol. The molecule has 2 N–H and O–H groups in total. The second kappa shape index (κ2) is 10.6. The second-order valence-electron chi connectivity index (χ2n) is 11.4. The summed E-state index contributed by atoms with van der Waals surface area (Å²) in [7, 11) is 0. The number of rotatable bonds is 5. The third-order valence-corrected chi connectivity index (χ3v) is 8.73. The van der Waals surface area contributed by atoms with Gasteiger partial charge in [-0.15, -0.1) is 0 Å². The van der Waals surface area contributed by atoms with Gasteiger partial charge in [-0.2, -0.15) is 0 Å². The van der Waals surface area contributed by atoms with Gasteiger partial charge in [0.15, 0.2) is 0 Å². The minimum absolute atomic E-state index is 0.529. The van der Waals surface area contributed by atoms with E-state index >= 15 is 0 Å². The zero-order valence-electron chi connectivity index (χ0n) is 24.5. The molecule has 0 saturated heterocycles. The lowest BCUT2D eigenvalue weighted by atomic mass is 9.98. The second-order valence-corrected chi connectivity index (χ2v) is 11.4. The maximum Gasteiger partial charge on any atom is 0.0644 e. The standard InChI is InChI=1S/C41H31N3/c1-27(33-20-11-17-29-12-7-8-18-34(29)33)43-26-28-22-37(42)41(30-13-3-2-4-14-30)40(23-28)44-38-21-10-9-19-35(38)36-24-31-15-5-6-16-32(31)25-39(36)44/h2-25H,26,42H2,1H3. The number of aliphatic imine (C=N–C) groups is 1. The van der Waals surface area contributed by atoms with Crippen molar-refractivity contribution in [3.8, 4) is 16.8 Å². The smallest absolute Gasteiger partial charge is 0.0644 e. The molecule has 1 aromatic heterocycles. The van der Waals surface area contributed by atoms with E-state index in [4.69, 9.17) is 10.7 Å². The molecular weight excluding hydrogens is 534 g/mol. The highest BCUT2D eigenvalue weighted by Gasteiger charge is 2.19. The fourth-order valence-corrected chi connectivity index (χ4v) is 6.65. The Hall–Kier alpha value is -5.67. The molecule has 0 unspecified atom stereocenters. The number of fused-ring (bicyclic) bond motifs is 5. The molecule has 1 heterocycles. The van der Waals surface area contributed by atoms with Crippen LogP contribution in [0.1, 0.15) is 18.1 Å². The molecule has 0 atom stereocenters. The molecule has 0 saturated carbocycles. The summed E-state index contributed by atoms with van der Waals surface area (Å²) in [5.74, 6) is 0.